The summed E-state index contributed by atoms with van der Waals surface area (Å²) in [6.07, 6.45) is -0.573. The van der Waals surface area contributed by atoms with Gasteiger partial charge in [0, 0.05) is 11.9 Å². The Morgan fingerprint density at radius 3 is 2.39 bits per heavy atom. The molecule has 1 heterocycles. The number of rotatable bonds is 7. The number of alkyl carbamates (subject to hydrolysis) is 1. The number of ether oxygens (including phenoxy) is 1. The average Bonchev–Trinajstić information content (AvgIpc) is 3.20. The molecule has 0 aliphatic rings. The van der Waals surface area contributed by atoms with E-state index in [0.29, 0.717) is 29.0 Å². The quantitative estimate of drug-likeness (QED) is 0.388. The van der Waals surface area contributed by atoms with Crippen molar-refractivity contribution in [1.82, 2.24) is 5.32 Å². The fraction of sp³-hybridized carbons (Fsp3) is 0.160. The van der Waals surface area contributed by atoms with E-state index in [9.17, 15) is 13.2 Å². The lowest BCUT2D eigenvalue weighted by Gasteiger charge is -2.10. The van der Waals surface area contributed by atoms with E-state index in [1.807, 2.05) is 50.2 Å². The number of hydrogen-bond donors (Lipinski definition) is 2. The maximum Gasteiger partial charge on any atom is 0.407 e. The third-order valence-electron chi connectivity index (χ3n) is 5.01. The highest BCUT2D eigenvalue weighted by Crippen LogP contribution is 2.31. The van der Waals surface area contributed by atoms with Crippen LogP contribution < -0.4 is 10.0 Å². The van der Waals surface area contributed by atoms with Crippen molar-refractivity contribution in [2.45, 2.75) is 31.9 Å². The maximum atomic E-state index is 12.8. The van der Waals surface area contributed by atoms with Crippen molar-refractivity contribution in [2.24, 2.45) is 0 Å². The Balaban J connectivity index is 1.48. The monoisotopic (exact) mass is 464 g/mol. The molecule has 170 valence electrons. The topological polar surface area (TPSA) is 97.6 Å². The molecule has 0 unspecified atom stereocenters. The van der Waals surface area contributed by atoms with Crippen LogP contribution in [0.15, 0.2) is 82.1 Å². The molecule has 0 atom stereocenters. The van der Waals surface area contributed by atoms with Crippen LogP contribution in [0.2, 0.25) is 0 Å². The molecule has 0 fully saturated rings. The molecule has 0 saturated carbocycles. The zero-order valence-electron chi connectivity index (χ0n) is 18.3. The number of carbonyl (C=O) groups is 1. The van der Waals surface area contributed by atoms with Crippen LogP contribution in [-0.4, -0.2) is 14.5 Å². The van der Waals surface area contributed by atoms with E-state index in [1.54, 1.807) is 36.4 Å². The molecule has 8 heteroatoms. The number of furan rings is 1. The summed E-state index contributed by atoms with van der Waals surface area (Å²) in [7, 11) is -3.79. The second-order valence-corrected chi connectivity index (χ2v) is 9.46. The molecule has 0 aliphatic heterocycles. The van der Waals surface area contributed by atoms with Crippen molar-refractivity contribution in [3.05, 3.63) is 95.2 Å². The minimum atomic E-state index is -3.79. The summed E-state index contributed by atoms with van der Waals surface area (Å²) in [5.41, 5.74) is 3.48. The van der Waals surface area contributed by atoms with Crippen LogP contribution in [0.25, 0.3) is 11.0 Å². The van der Waals surface area contributed by atoms with E-state index in [2.05, 4.69) is 10.0 Å². The normalized spacial score (nSPS) is 11.3. The SMILES string of the molecule is Cc1ccc(S(=O)(=O)Nc2cc(C)cc3cc(COC(=O)NCc4ccccc4)oc23)cc1. The standard InChI is InChI=1S/C25H24N2O5S/c1-17-8-10-22(11-9-17)33(29,30)27-23-13-18(2)12-20-14-21(32-24(20)23)16-31-25(28)26-15-19-6-4-3-5-7-19/h3-14,27H,15-16H2,1-2H3,(H,26,28). The lowest BCUT2D eigenvalue weighted by Crippen LogP contribution is -2.23. The van der Waals surface area contributed by atoms with Gasteiger partial charge in [0.25, 0.3) is 10.0 Å². The summed E-state index contributed by atoms with van der Waals surface area (Å²) in [4.78, 5) is 12.2. The van der Waals surface area contributed by atoms with Gasteiger partial charge in [-0.25, -0.2) is 13.2 Å². The van der Waals surface area contributed by atoms with Crippen LogP contribution in [0.1, 0.15) is 22.5 Å². The fourth-order valence-electron chi connectivity index (χ4n) is 3.38. The smallest absolute Gasteiger partial charge is 0.407 e. The number of benzene rings is 3. The van der Waals surface area contributed by atoms with Gasteiger partial charge < -0.3 is 14.5 Å². The number of amides is 1. The molecule has 4 aromatic rings. The Morgan fingerprint density at radius 2 is 1.67 bits per heavy atom. The Bertz CT molecular complexity index is 1380. The third-order valence-corrected chi connectivity index (χ3v) is 6.39. The molecular weight excluding hydrogens is 440 g/mol. The lowest BCUT2D eigenvalue weighted by molar-refractivity contribution is 0.131. The summed E-state index contributed by atoms with van der Waals surface area (Å²) >= 11 is 0. The minimum absolute atomic E-state index is 0.0848. The van der Waals surface area contributed by atoms with Crippen LogP contribution >= 0.6 is 0 Å². The van der Waals surface area contributed by atoms with Crippen LogP contribution in [0.5, 0.6) is 0 Å². The molecule has 3 aromatic carbocycles. The molecule has 0 saturated heterocycles. The fourth-order valence-corrected chi connectivity index (χ4v) is 4.44. The number of sulfonamides is 1. The number of nitrogens with one attached hydrogen (secondary N) is 2. The first kappa shape index (κ1) is 22.4. The molecule has 0 radical (unpaired) electrons. The Morgan fingerprint density at radius 1 is 0.939 bits per heavy atom. The number of fused-ring (bicyclic) bond motifs is 1. The van der Waals surface area contributed by atoms with E-state index in [-0.39, 0.29) is 11.5 Å². The van der Waals surface area contributed by atoms with Crippen LogP contribution in [-0.2, 0) is 27.9 Å². The van der Waals surface area contributed by atoms with Crippen molar-refractivity contribution in [1.29, 1.82) is 0 Å². The lowest BCUT2D eigenvalue weighted by atomic mass is 10.1. The van der Waals surface area contributed by atoms with E-state index in [1.165, 1.54) is 0 Å². The highest BCUT2D eigenvalue weighted by Gasteiger charge is 2.18. The molecule has 1 amide bonds. The van der Waals surface area contributed by atoms with Gasteiger partial charge in [0.05, 0.1) is 10.6 Å². The summed E-state index contributed by atoms with van der Waals surface area (Å²) < 4.78 is 39.4. The van der Waals surface area contributed by atoms with Gasteiger partial charge in [0.15, 0.2) is 12.2 Å². The molecular formula is C25H24N2O5S. The number of carbonyl (C=O) groups excluding carboxylic acids is 1. The van der Waals surface area contributed by atoms with E-state index in [4.69, 9.17) is 9.15 Å². The van der Waals surface area contributed by atoms with Crippen molar-refractivity contribution in [3.63, 3.8) is 0 Å². The van der Waals surface area contributed by atoms with Crippen LogP contribution in [0, 0.1) is 13.8 Å². The van der Waals surface area contributed by atoms with Gasteiger partial charge in [-0.05, 0) is 55.3 Å². The molecule has 33 heavy (non-hydrogen) atoms. The first-order valence-corrected chi connectivity index (χ1v) is 11.9. The van der Waals surface area contributed by atoms with Crippen LogP contribution in [0.3, 0.4) is 0 Å². The molecule has 0 spiro atoms. The first-order chi connectivity index (χ1) is 15.8. The molecule has 0 bridgehead atoms. The Kier molecular flexibility index (Phi) is 6.37. The molecule has 7 nitrogen and oxygen atoms in total. The second kappa shape index (κ2) is 9.38. The van der Waals surface area contributed by atoms with Crippen LogP contribution in [0.4, 0.5) is 10.5 Å². The Labute approximate surface area is 192 Å². The summed E-state index contributed by atoms with van der Waals surface area (Å²) in [5, 5.41) is 3.39. The average molecular weight is 465 g/mol. The van der Waals surface area contributed by atoms with Gasteiger partial charge in [-0.3, -0.25) is 4.72 Å². The van der Waals surface area contributed by atoms with Gasteiger partial charge >= 0.3 is 6.09 Å². The highest BCUT2D eigenvalue weighted by molar-refractivity contribution is 7.92. The number of anilines is 1. The number of hydrogen-bond acceptors (Lipinski definition) is 5. The van der Waals surface area contributed by atoms with Crippen molar-refractivity contribution in [3.8, 4) is 0 Å². The zero-order chi connectivity index (χ0) is 23.4. The summed E-state index contributed by atoms with van der Waals surface area (Å²) in [5.74, 6) is 0.404. The molecule has 4 rings (SSSR count). The maximum absolute atomic E-state index is 12.8. The second-order valence-electron chi connectivity index (χ2n) is 7.78. The molecule has 1 aromatic heterocycles. The van der Waals surface area contributed by atoms with Gasteiger partial charge in [0.2, 0.25) is 0 Å². The predicted molar refractivity (Wildman–Crippen MR) is 126 cm³/mol. The summed E-state index contributed by atoms with van der Waals surface area (Å²) in [6, 6.07) is 21.4. The van der Waals surface area contributed by atoms with Gasteiger partial charge in [0.1, 0.15) is 5.76 Å². The van der Waals surface area contributed by atoms with Gasteiger partial charge in [-0.2, -0.15) is 0 Å². The van der Waals surface area contributed by atoms with E-state index >= 15 is 0 Å². The molecule has 2 N–H and O–H groups in total. The summed E-state index contributed by atoms with van der Waals surface area (Å²) in [6.45, 7) is 4.02. The molecule has 0 aliphatic carbocycles. The third kappa shape index (κ3) is 5.53. The Hall–Kier alpha value is -3.78. The largest absolute Gasteiger partial charge is 0.455 e. The van der Waals surface area contributed by atoms with Gasteiger partial charge in [-0.15, -0.1) is 0 Å². The highest BCUT2D eigenvalue weighted by atomic mass is 32.2. The van der Waals surface area contributed by atoms with E-state index < -0.39 is 16.1 Å². The van der Waals surface area contributed by atoms with Crippen molar-refractivity contribution >= 4 is 32.8 Å². The van der Waals surface area contributed by atoms with Crippen molar-refractivity contribution < 1.29 is 22.4 Å². The van der Waals surface area contributed by atoms with Gasteiger partial charge in [-0.1, -0.05) is 48.0 Å². The van der Waals surface area contributed by atoms with Crippen molar-refractivity contribution in [2.75, 3.05) is 4.72 Å². The minimum Gasteiger partial charge on any atom is -0.455 e. The zero-order valence-corrected chi connectivity index (χ0v) is 19.1. The predicted octanol–water partition coefficient (Wildman–Crippen LogP) is 5.28. The van der Waals surface area contributed by atoms with E-state index in [0.717, 1.165) is 16.7 Å². The first-order valence-electron chi connectivity index (χ1n) is 10.4. The number of aryl methyl sites for hydroxylation is 2.